The van der Waals surface area contributed by atoms with Crippen molar-refractivity contribution >= 4 is 22.9 Å². The number of ether oxygens (including phenoxy) is 1. The van der Waals surface area contributed by atoms with Crippen molar-refractivity contribution in [2.24, 2.45) is 0 Å². The van der Waals surface area contributed by atoms with E-state index in [4.69, 9.17) is 4.74 Å². The zero-order chi connectivity index (χ0) is 19.1. The average molecular weight is 387 g/mol. The molecule has 2 amide bonds. The highest BCUT2D eigenvalue weighted by atomic mass is 32.2. The molecule has 0 radical (unpaired) electrons. The predicted molar refractivity (Wildman–Crippen MR) is 104 cm³/mol. The van der Waals surface area contributed by atoms with Crippen molar-refractivity contribution in [2.75, 3.05) is 0 Å². The van der Waals surface area contributed by atoms with Crippen LogP contribution in [0, 0.1) is 5.82 Å². The molecule has 0 aromatic heterocycles. The zero-order valence-electron chi connectivity index (χ0n) is 14.9. The number of carbonyl (C=O) groups excluding carboxylic acids is 2. The van der Waals surface area contributed by atoms with Gasteiger partial charge in [-0.2, -0.15) is 0 Å². The fourth-order valence-corrected chi connectivity index (χ4v) is 3.83. The van der Waals surface area contributed by atoms with Crippen LogP contribution >= 0.6 is 11.8 Å². The third kappa shape index (κ3) is 6.10. The topological polar surface area (TPSA) is 55.4 Å². The summed E-state index contributed by atoms with van der Waals surface area (Å²) in [5.41, 5.74) is 2.03. The van der Waals surface area contributed by atoms with E-state index >= 15 is 0 Å². The van der Waals surface area contributed by atoms with Crippen LogP contribution in [-0.4, -0.2) is 16.4 Å². The summed E-state index contributed by atoms with van der Waals surface area (Å²) in [5.74, 6) is 0.348. The maximum Gasteiger partial charge on any atom is 0.286 e. The van der Waals surface area contributed by atoms with Gasteiger partial charge in [0.1, 0.15) is 18.2 Å². The number of hydrogen-bond donors (Lipinski definition) is 1. The molecule has 0 saturated carbocycles. The van der Waals surface area contributed by atoms with Crippen LogP contribution in [0.4, 0.5) is 9.18 Å². The fourth-order valence-electron chi connectivity index (χ4n) is 2.96. The molecule has 2 aromatic carbocycles. The largest absolute Gasteiger partial charge is 0.489 e. The fraction of sp³-hybridized carbons (Fsp3) is 0.333. The van der Waals surface area contributed by atoms with E-state index in [1.54, 1.807) is 6.07 Å². The molecule has 1 unspecified atom stereocenters. The highest BCUT2D eigenvalue weighted by Gasteiger charge is 2.30. The van der Waals surface area contributed by atoms with Crippen LogP contribution in [0.15, 0.2) is 48.5 Å². The minimum absolute atomic E-state index is 0.154. The number of hydrogen-bond acceptors (Lipinski definition) is 4. The van der Waals surface area contributed by atoms with Gasteiger partial charge in [0.05, 0.1) is 5.25 Å². The summed E-state index contributed by atoms with van der Waals surface area (Å²) in [6, 6.07) is 14.3. The Balaban J connectivity index is 1.34. The van der Waals surface area contributed by atoms with E-state index < -0.39 is 0 Å². The Kier molecular flexibility index (Phi) is 6.87. The first kappa shape index (κ1) is 19.4. The van der Waals surface area contributed by atoms with Crippen LogP contribution in [0.3, 0.4) is 0 Å². The Morgan fingerprint density at radius 2 is 1.81 bits per heavy atom. The van der Waals surface area contributed by atoms with Crippen molar-refractivity contribution in [3.05, 3.63) is 65.5 Å². The SMILES string of the molecule is O=C1NC(=O)C(CCCCCc2ccc(OCc3cccc(F)c3)cc2)S1. The monoisotopic (exact) mass is 387 g/mol. The third-order valence-corrected chi connectivity index (χ3v) is 5.47. The summed E-state index contributed by atoms with van der Waals surface area (Å²) in [5, 5.41) is 1.87. The molecule has 27 heavy (non-hydrogen) atoms. The van der Waals surface area contributed by atoms with Gasteiger partial charge in [-0.1, -0.05) is 48.9 Å². The first-order chi connectivity index (χ1) is 13.1. The van der Waals surface area contributed by atoms with Gasteiger partial charge in [-0.05, 0) is 54.7 Å². The Morgan fingerprint density at radius 3 is 2.52 bits per heavy atom. The quantitative estimate of drug-likeness (QED) is 0.625. The number of halogens is 1. The second-order valence-corrected chi connectivity index (χ2v) is 7.72. The van der Waals surface area contributed by atoms with Crippen molar-refractivity contribution in [2.45, 2.75) is 44.0 Å². The first-order valence-corrected chi connectivity index (χ1v) is 9.96. The van der Waals surface area contributed by atoms with Gasteiger partial charge < -0.3 is 4.74 Å². The van der Waals surface area contributed by atoms with Crippen LogP contribution < -0.4 is 10.1 Å². The molecule has 1 N–H and O–H groups in total. The highest BCUT2D eigenvalue weighted by Crippen LogP contribution is 2.24. The summed E-state index contributed by atoms with van der Waals surface area (Å²) in [7, 11) is 0. The Labute approximate surface area is 162 Å². The standard InChI is InChI=1S/C21H22FNO3S/c22-17-7-4-6-16(13-17)14-26-18-11-9-15(10-12-18)5-2-1-3-8-19-20(24)23-21(25)27-19/h4,6-7,9-13,19H,1-3,5,8,14H2,(H,23,24,25). The highest BCUT2D eigenvalue weighted by molar-refractivity contribution is 8.15. The first-order valence-electron chi connectivity index (χ1n) is 9.08. The zero-order valence-corrected chi connectivity index (χ0v) is 15.8. The Morgan fingerprint density at radius 1 is 1.00 bits per heavy atom. The third-order valence-electron chi connectivity index (χ3n) is 4.42. The van der Waals surface area contributed by atoms with E-state index in [9.17, 15) is 14.0 Å². The number of amides is 2. The number of rotatable bonds is 9. The lowest BCUT2D eigenvalue weighted by Crippen LogP contribution is -2.24. The van der Waals surface area contributed by atoms with Gasteiger partial charge in [-0.3, -0.25) is 14.9 Å². The molecule has 142 valence electrons. The normalized spacial score (nSPS) is 16.4. The number of nitrogens with one attached hydrogen (secondary N) is 1. The molecule has 4 nitrogen and oxygen atoms in total. The molecule has 2 aromatic rings. The van der Waals surface area contributed by atoms with E-state index in [2.05, 4.69) is 5.32 Å². The van der Waals surface area contributed by atoms with Gasteiger partial charge in [0, 0.05) is 0 Å². The molecule has 1 fully saturated rings. The molecular formula is C21H22FNO3S. The Hall–Kier alpha value is -2.34. The van der Waals surface area contributed by atoms with Gasteiger partial charge in [0.15, 0.2) is 0 Å². The second-order valence-electron chi connectivity index (χ2n) is 6.55. The molecule has 1 aliphatic heterocycles. The van der Waals surface area contributed by atoms with Crippen molar-refractivity contribution < 1.29 is 18.7 Å². The number of aryl methyl sites for hydroxylation is 1. The van der Waals surface area contributed by atoms with Gasteiger partial charge in [0.2, 0.25) is 5.91 Å². The summed E-state index contributed by atoms with van der Waals surface area (Å²) >= 11 is 1.10. The van der Waals surface area contributed by atoms with Crippen molar-refractivity contribution in [1.82, 2.24) is 5.32 Å². The molecule has 0 aliphatic carbocycles. The molecule has 6 heteroatoms. The minimum atomic E-state index is -0.259. The summed E-state index contributed by atoms with van der Waals surface area (Å²) in [6.07, 6.45) is 4.71. The second kappa shape index (κ2) is 9.55. The molecule has 0 bridgehead atoms. The van der Waals surface area contributed by atoms with E-state index in [1.165, 1.54) is 17.7 Å². The average Bonchev–Trinajstić information content (AvgIpc) is 2.98. The Bertz CT molecular complexity index is 794. The molecule has 1 aliphatic rings. The summed E-state index contributed by atoms with van der Waals surface area (Å²) in [4.78, 5) is 22.6. The van der Waals surface area contributed by atoms with Crippen molar-refractivity contribution in [3.8, 4) is 5.75 Å². The number of benzene rings is 2. The van der Waals surface area contributed by atoms with Gasteiger partial charge in [-0.15, -0.1) is 0 Å². The maximum atomic E-state index is 13.2. The number of carbonyl (C=O) groups is 2. The molecule has 3 rings (SSSR count). The molecule has 1 saturated heterocycles. The molecule has 1 heterocycles. The van der Waals surface area contributed by atoms with Gasteiger partial charge in [0.25, 0.3) is 5.24 Å². The van der Waals surface area contributed by atoms with E-state index in [-0.39, 0.29) is 22.2 Å². The van der Waals surface area contributed by atoms with Crippen LogP contribution in [0.2, 0.25) is 0 Å². The van der Waals surface area contributed by atoms with Crippen LogP contribution in [-0.2, 0) is 17.8 Å². The van der Waals surface area contributed by atoms with Crippen LogP contribution in [0.1, 0.15) is 36.8 Å². The van der Waals surface area contributed by atoms with E-state index in [0.717, 1.165) is 55.2 Å². The summed E-state index contributed by atoms with van der Waals surface area (Å²) in [6.45, 7) is 0.340. The summed E-state index contributed by atoms with van der Waals surface area (Å²) < 4.78 is 18.8. The van der Waals surface area contributed by atoms with Crippen molar-refractivity contribution in [1.29, 1.82) is 0 Å². The van der Waals surface area contributed by atoms with E-state index in [1.807, 2.05) is 30.3 Å². The van der Waals surface area contributed by atoms with E-state index in [0.29, 0.717) is 6.61 Å². The minimum Gasteiger partial charge on any atom is -0.489 e. The lowest BCUT2D eigenvalue weighted by Gasteiger charge is -2.08. The lowest BCUT2D eigenvalue weighted by atomic mass is 10.1. The van der Waals surface area contributed by atoms with Gasteiger partial charge in [-0.25, -0.2) is 4.39 Å². The number of unbranched alkanes of at least 4 members (excludes halogenated alkanes) is 2. The predicted octanol–water partition coefficient (Wildman–Crippen LogP) is 4.86. The van der Waals surface area contributed by atoms with Crippen LogP contribution in [0.25, 0.3) is 0 Å². The number of thioether (sulfide) groups is 1. The smallest absolute Gasteiger partial charge is 0.286 e. The number of imide groups is 1. The molecule has 1 atom stereocenters. The molecular weight excluding hydrogens is 365 g/mol. The molecule has 0 spiro atoms. The lowest BCUT2D eigenvalue weighted by molar-refractivity contribution is -0.119. The van der Waals surface area contributed by atoms with Crippen LogP contribution in [0.5, 0.6) is 5.75 Å². The van der Waals surface area contributed by atoms with Crippen molar-refractivity contribution in [3.63, 3.8) is 0 Å². The van der Waals surface area contributed by atoms with Gasteiger partial charge >= 0.3 is 0 Å². The maximum absolute atomic E-state index is 13.2.